The Balaban J connectivity index is 1.28. The van der Waals surface area contributed by atoms with Crippen LogP contribution in [-0.2, 0) is 33.8 Å². The summed E-state index contributed by atoms with van der Waals surface area (Å²) < 4.78 is 39.4. The van der Waals surface area contributed by atoms with Crippen LogP contribution in [0.3, 0.4) is 0 Å². The van der Waals surface area contributed by atoms with E-state index in [4.69, 9.17) is 18.9 Å². The molecule has 2 unspecified atom stereocenters. The number of unbranched alkanes of at least 4 members (excludes halogenated alkanes) is 1. The van der Waals surface area contributed by atoms with E-state index in [1.54, 1.807) is 24.7 Å². The van der Waals surface area contributed by atoms with Gasteiger partial charge in [-0.2, -0.15) is 0 Å². The summed E-state index contributed by atoms with van der Waals surface area (Å²) in [6.07, 6.45) is 8.77. The lowest BCUT2D eigenvalue weighted by molar-refractivity contribution is -0.187. The van der Waals surface area contributed by atoms with Gasteiger partial charge in [0, 0.05) is 18.8 Å². The van der Waals surface area contributed by atoms with Crippen LogP contribution >= 0.6 is 0 Å². The highest BCUT2D eigenvalue weighted by molar-refractivity contribution is 5.26. The zero-order chi connectivity index (χ0) is 23.6. The second-order valence-corrected chi connectivity index (χ2v) is 8.68. The molecule has 4 rings (SSSR count). The molecule has 6 nitrogen and oxygen atoms in total. The van der Waals surface area contributed by atoms with Crippen molar-refractivity contribution >= 4 is 0 Å². The van der Waals surface area contributed by atoms with E-state index in [0.29, 0.717) is 32.8 Å². The first-order valence-electron chi connectivity index (χ1n) is 12.0. The van der Waals surface area contributed by atoms with Gasteiger partial charge in [0.2, 0.25) is 0 Å². The third kappa shape index (κ3) is 7.13. The minimum absolute atomic E-state index is 0.159. The van der Waals surface area contributed by atoms with Crippen molar-refractivity contribution in [3.05, 3.63) is 84.2 Å². The first-order chi connectivity index (χ1) is 16.6. The number of rotatable bonds is 13. The van der Waals surface area contributed by atoms with Gasteiger partial charge >= 0.3 is 0 Å². The normalized spacial score (nSPS) is 20.0. The van der Waals surface area contributed by atoms with E-state index < -0.39 is 5.79 Å². The van der Waals surface area contributed by atoms with Gasteiger partial charge in [0.1, 0.15) is 17.7 Å². The first-order valence-corrected chi connectivity index (χ1v) is 12.0. The quantitative estimate of drug-likeness (QED) is 0.324. The lowest BCUT2D eigenvalue weighted by atomic mass is 10.0. The van der Waals surface area contributed by atoms with Crippen molar-refractivity contribution in [2.24, 2.45) is 0 Å². The third-order valence-electron chi connectivity index (χ3n) is 5.87. The van der Waals surface area contributed by atoms with Crippen LogP contribution in [-0.4, -0.2) is 41.3 Å². The molecule has 0 N–H and O–H groups in total. The van der Waals surface area contributed by atoms with E-state index in [0.717, 1.165) is 42.7 Å². The van der Waals surface area contributed by atoms with Gasteiger partial charge in [-0.1, -0.05) is 37.6 Å². The summed E-state index contributed by atoms with van der Waals surface area (Å²) in [7, 11) is 0. The van der Waals surface area contributed by atoms with Gasteiger partial charge in [0.25, 0.3) is 0 Å². The molecular formula is C27H33FN2O4. The summed E-state index contributed by atoms with van der Waals surface area (Å²) >= 11 is 0. The Morgan fingerprint density at radius 1 is 1.12 bits per heavy atom. The van der Waals surface area contributed by atoms with E-state index in [9.17, 15) is 4.39 Å². The second kappa shape index (κ2) is 12.1. The number of aromatic nitrogens is 2. The monoisotopic (exact) mass is 468 g/mol. The Labute approximate surface area is 200 Å². The number of ether oxygens (including phenoxy) is 4. The summed E-state index contributed by atoms with van der Waals surface area (Å²) in [5.41, 5.74) is 2.13. The number of aryl methyl sites for hydroxylation is 1. The van der Waals surface area contributed by atoms with Crippen molar-refractivity contribution in [3.63, 3.8) is 0 Å². The number of halogens is 1. The summed E-state index contributed by atoms with van der Waals surface area (Å²) in [6, 6.07) is 14.6. The fourth-order valence-electron chi connectivity index (χ4n) is 3.96. The predicted molar refractivity (Wildman–Crippen MR) is 127 cm³/mol. The second-order valence-electron chi connectivity index (χ2n) is 8.68. The maximum absolute atomic E-state index is 13.3. The van der Waals surface area contributed by atoms with Crippen LogP contribution < -0.4 is 4.74 Å². The molecule has 2 heterocycles. The molecule has 0 saturated carbocycles. The lowest BCUT2D eigenvalue weighted by Crippen LogP contribution is -2.37. The van der Waals surface area contributed by atoms with E-state index >= 15 is 0 Å². The minimum atomic E-state index is -0.777. The molecule has 0 spiro atoms. The smallest absolute Gasteiger partial charge is 0.187 e. The van der Waals surface area contributed by atoms with Crippen LogP contribution in [0.4, 0.5) is 4.39 Å². The van der Waals surface area contributed by atoms with Gasteiger partial charge in [0.15, 0.2) is 5.79 Å². The Bertz CT molecular complexity index is 979. The van der Waals surface area contributed by atoms with Crippen molar-refractivity contribution in [1.29, 1.82) is 0 Å². The maximum Gasteiger partial charge on any atom is 0.187 e. The lowest BCUT2D eigenvalue weighted by Gasteiger charge is -2.28. The standard InChI is InChI=1S/C27H33FN2O4/c1-2-3-16-32-25-10-6-23(7-11-25)17-31-18-26-19-33-27(34-26,20-30-15-14-29-21-30)13-12-22-4-8-24(28)9-5-22/h4-11,14-15,21,26H,2-3,12-13,16-20H2,1H3. The molecule has 182 valence electrons. The number of hydrogen-bond donors (Lipinski definition) is 0. The summed E-state index contributed by atoms with van der Waals surface area (Å²) in [5.74, 6) is -0.128. The molecule has 2 aromatic carbocycles. The zero-order valence-electron chi connectivity index (χ0n) is 19.7. The molecule has 3 aromatic rings. The SMILES string of the molecule is CCCCOc1ccc(COCC2COC(CCc3ccc(F)cc3)(Cn3ccnc3)O2)cc1. The molecule has 1 aliphatic heterocycles. The molecule has 1 aliphatic rings. The highest BCUT2D eigenvalue weighted by Gasteiger charge is 2.41. The van der Waals surface area contributed by atoms with Crippen molar-refractivity contribution in [1.82, 2.24) is 9.55 Å². The van der Waals surface area contributed by atoms with Crippen LogP contribution in [0.15, 0.2) is 67.3 Å². The number of benzene rings is 2. The topological polar surface area (TPSA) is 54.7 Å². The van der Waals surface area contributed by atoms with Crippen LogP contribution in [0.25, 0.3) is 0 Å². The molecule has 34 heavy (non-hydrogen) atoms. The number of imidazole rings is 1. The Morgan fingerprint density at radius 3 is 2.65 bits per heavy atom. The van der Waals surface area contributed by atoms with Gasteiger partial charge in [-0.3, -0.25) is 0 Å². The molecule has 0 amide bonds. The first kappa shape index (κ1) is 24.4. The summed E-state index contributed by atoms with van der Waals surface area (Å²) in [5, 5.41) is 0. The molecule has 0 bridgehead atoms. The number of hydrogen-bond acceptors (Lipinski definition) is 5. The maximum atomic E-state index is 13.3. The van der Waals surface area contributed by atoms with Crippen molar-refractivity contribution in [3.8, 4) is 5.75 Å². The highest BCUT2D eigenvalue weighted by atomic mass is 19.1. The van der Waals surface area contributed by atoms with Crippen LogP contribution in [0.5, 0.6) is 5.75 Å². The fourth-order valence-corrected chi connectivity index (χ4v) is 3.96. The predicted octanol–water partition coefficient (Wildman–Crippen LogP) is 5.16. The molecule has 2 atom stereocenters. The van der Waals surface area contributed by atoms with Crippen LogP contribution in [0.2, 0.25) is 0 Å². The van der Waals surface area contributed by atoms with Crippen LogP contribution in [0, 0.1) is 5.82 Å². The Kier molecular flexibility index (Phi) is 8.68. The van der Waals surface area contributed by atoms with E-state index in [1.165, 1.54) is 12.1 Å². The zero-order valence-corrected chi connectivity index (χ0v) is 19.7. The van der Waals surface area contributed by atoms with Crippen molar-refractivity contribution in [2.45, 2.75) is 57.6 Å². The summed E-state index contributed by atoms with van der Waals surface area (Å²) in [4.78, 5) is 4.13. The average Bonchev–Trinajstić information content (AvgIpc) is 3.51. The molecule has 0 aliphatic carbocycles. The molecule has 7 heteroatoms. The van der Waals surface area contributed by atoms with E-state index in [2.05, 4.69) is 11.9 Å². The van der Waals surface area contributed by atoms with Gasteiger partial charge in [-0.15, -0.1) is 0 Å². The molecule has 0 radical (unpaired) electrons. The Hall–Kier alpha value is -2.74. The van der Waals surface area contributed by atoms with Gasteiger partial charge in [-0.05, 0) is 48.2 Å². The molecule has 1 fully saturated rings. The van der Waals surface area contributed by atoms with Crippen molar-refractivity contribution in [2.75, 3.05) is 19.8 Å². The summed E-state index contributed by atoms with van der Waals surface area (Å²) in [6.45, 7) is 4.83. The van der Waals surface area contributed by atoms with Gasteiger partial charge in [-0.25, -0.2) is 9.37 Å². The van der Waals surface area contributed by atoms with Gasteiger partial charge in [0.05, 0.1) is 39.3 Å². The molecule has 1 aromatic heterocycles. The fraction of sp³-hybridized carbons (Fsp3) is 0.444. The molecular weight excluding hydrogens is 435 g/mol. The van der Waals surface area contributed by atoms with Crippen LogP contribution in [0.1, 0.15) is 37.3 Å². The minimum Gasteiger partial charge on any atom is -0.494 e. The average molecular weight is 469 g/mol. The third-order valence-corrected chi connectivity index (χ3v) is 5.87. The molecule has 1 saturated heterocycles. The highest BCUT2D eigenvalue weighted by Crippen LogP contribution is 2.31. The van der Waals surface area contributed by atoms with Crippen molar-refractivity contribution < 1.29 is 23.3 Å². The van der Waals surface area contributed by atoms with E-state index in [1.807, 2.05) is 35.0 Å². The van der Waals surface area contributed by atoms with Gasteiger partial charge < -0.3 is 23.5 Å². The van der Waals surface area contributed by atoms with E-state index in [-0.39, 0.29) is 11.9 Å². The Morgan fingerprint density at radius 2 is 1.91 bits per heavy atom. The largest absolute Gasteiger partial charge is 0.494 e. The number of nitrogens with zero attached hydrogens (tertiary/aromatic N) is 2.